The van der Waals surface area contributed by atoms with Gasteiger partial charge in [0.15, 0.2) is 0 Å². The smallest absolute Gasteiger partial charge is 0.216 e. The van der Waals surface area contributed by atoms with Crippen LogP contribution in [-0.4, -0.2) is 23.4 Å². The first-order valence-corrected chi connectivity index (χ1v) is 8.13. The van der Waals surface area contributed by atoms with Gasteiger partial charge in [0.2, 0.25) is 10.0 Å². The maximum absolute atomic E-state index is 12.0. The van der Waals surface area contributed by atoms with E-state index in [-0.39, 0.29) is 17.3 Å². The van der Waals surface area contributed by atoms with Gasteiger partial charge in [0.1, 0.15) is 11.3 Å². The van der Waals surface area contributed by atoms with Gasteiger partial charge in [-0.25, -0.2) is 23.1 Å². The maximum atomic E-state index is 12.0. The molecule has 0 fully saturated rings. The third-order valence-electron chi connectivity index (χ3n) is 2.68. The molecule has 0 aliphatic carbocycles. The van der Waals surface area contributed by atoms with Crippen molar-refractivity contribution in [1.29, 1.82) is 0 Å². The maximum Gasteiger partial charge on any atom is 0.216 e. The van der Waals surface area contributed by atoms with E-state index >= 15 is 0 Å². The van der Waals surface area contributed by atoms with Crippen LogP contribution >= 0.6 is 12.2 Å². The van der Waals surface area contributed by atoms with Crippen LogP contribution in [0.1, 0.15) is 16.8 Å². The Kier molecular flexibility index (Phi) is 4.94. The fourth-order valence-electron chi connectivity index (χ4n) is 1.69. The average molecular weight is 322 g/mol. The van der Waals surface area contributed by atoms with Crippen LogP contribution < -0.4 is 10.5 Å². The zero-order valence-electron chi connectivity index (χ0n) is 11.1. The highest BCUT2D eigenvalue weighted by molar-refractivity contribution is 7.88. The molecule has 0 atom stereocenters. The van der Waals surface area contributed by atoms with Crippen molar-refractivity contribution in [2.75, 3.05) is 0 Å². The van der Waals surface area contributed by atoms with E-state index in [9.17, 15) is 8.42 Å². The van der Waals surface area contributed by atoms with Crippen molar-refractivity contribution >= 4 is 27.2 Å². The van der Waals surface area contributed by atoms with Crippen LogP contribution in [0.2, 0.25) is 0 Å². The average Bonchev–Trinajstić information content (AvgIpc) is 2.46. The van der Waals surface area contributed by atoms with E-state index in [0.29, 0.717) is 16.8 Å². The molecule has 2 aromatic rings. The third-order valence-corrected chi connectivity index (χ3v) is 4.22. The van der Waals surface area contributed by atoms with Crippen LogP contribution in [0.3, 0.4) is 0 Å². The molecule has 21 heavy (non-hydrogen) atoms. The highest BCUT2D eigenvalue weighted by Gasteiger charge is 2.12. The van der Waals surface area contributed by atoms with Gasteiger partial charge in [-0.2, -0.15) is 0 Å². The number of rotatable bonds is 6. The molecular formula is C13H14N4O2S2. The summed E-state index contributed by atoms with van der Waals surface area (Å²) in [5, 5.41) is 0. The fraction of sp³-hybridized carbons (Fsp3) is 0.154. The van der Waals surface area contributed by atoms with Crippen molar-refractivity contribution in [1.82, 2.24) is 14.7 Å². The van der Waals surface area contributed by atoms with Crippen molar-refractivity contribution in [2.24, 2.45) is 5.73 Å². The minimum absolute atomic E-state index is 0.125. The summed E-state index contributed by atoms with van der Waals surface area (Å²) >= 11 is 4.88. The van der Waals surface area contributed by atoms with Gasteiger partial charge in [-0.15, -0.1) is 0 Å². The number of hydrogen-bond donors (Lipinski definition) is 2. The van der Waals surface area contributed by atoms with Gasteiger partial charge in [0.25, 0.3) is 0 Å². The van der Waals surface area contributed by atoms with Gasteiger partial charge in [0.05, 0.1) is 18.0 Å². The molecule has 1 aromatic heterocycles. The van der Waals surface area contributed by atoms with Crippen LogP contribution in [0.15, 0.2) is 42.9 Å². The largest absolute Gasteiger partial charge is 0.389 e. The topological polar surface area (TPSA) is 98.0 Å². The summed E-state index contributed by atoms with van der Waals surface area (Å²) in [7, 11) is -3.47. The van der Waals surface area contributed by atoms with Gasteiger partial charge in [-0.1, -0.05) is 30.4 Å². The fourth-order valence-corrected chi connectivity index (χ4v) is 2.91. The zero-order chi connectivity index (χ0) is 15.3. The molecule has 0 unspecified atom stereocenters. The van der Waals surface area contributed by atoms with Gasteiger partial charge >= 0.3 is 0 Å². The minimum atomic E-state index is -3.47. The molecule has 1 aromatic carbocycles. The lowest BCUT2D eigenvalue weighted by molar-refractivity contribution is 0.579. The SMILES string of the molecule is NC(=S)c1cccc(CS(=O)(=O)NCc2ccncn2)c1. The summed E-state index contributed by atoms with van der Waals surface area (Å²) < 4.78 is 26.6. The summed E-state index contributed by atoms with van der Waals surface area (Å²) in [6.45, 7) is 0.125. The number of thiocarbonyl (C=S) groups is 1. The molecule has 0 aliphatic rings. The van der Waals surface area contributed by atoms with E-state index in [1.54, 1.807) is 36.5 Å². The second kappa shape index (κ2) is 6.70. The number of benzene rings is 1. The second-order valence-corrected chi connectivity index (χ2v) is 6.59. The Hall–Kier alpha value is -1.90. The zero-order valence-corrected chi connectivity index (χ0v) is 12.7. The number of aromatic nitrogens is 2. The summed E-state index contributed by atoms with van der Waals surface area (Å²) in [5.41, 5.74) is 7.40. The van der Waals surface area contributed by atoms with E-state index < -0.39 is 10.0 Å². The summed E-state index contributed by atoms with van der Waals surface area (Å²) in [6.07, 6.45) is 2.93. The molecule has 8 heteroatoms. The standard InChI is InChI=1S/C13H14N4O2S2/c14-13(20)11-3-1-2-10(6-11)8-21(18,19)17-7-12-4-5-15-9-16-12/h1-6,9,17H,7-8H2,(H2,14,20). The van der Waals surface area contributed by atoms with E-state index in [1.165, 1.54) is 6.33 Å². The quantitative estimate of drug-likeness (QED) is 0.761. The molecule has 0 saturated heterocycles. The molecule has 1 heterocycles. The molecule has 0 aliphatic heterocycles. The molecule has 0 bridgehead atoms. The van der Waals surface area contributed by atoms with Crippen molar-refractivity contribution < 1.29 is 8.42 Å². The minimum Gasteiger partial charge on any atom is -0.389 e. The number of nitrogens with zero attached hydrogens (tertiary/aromatic N) is 2. The molecule has 110 valence electrons. The Morgan fingerprint density at radius 1 is 1.33 bits per heavy atom. The predicted molar refractivity (Wildman–Crippen MR) is 83.8 cm³/mol. The van der Waals surface area contributed by atoms with Crippen LogP contribution in [0.4, 0.5) is 0 Å². The Morgan fingerprint density at radius 2 is 2.14 bits per heavy atom. The van der Waals surface area contributed by atoms with Gasteiger partial charge in [-0.05, 0) is 17.7 Å². The second-order valence-electron chi connectivity index (χ2n) is 4.35. The normalized spacial score (nSPS) is 11.2. The first-order chi connectivity index (χ1) is 9.96. The summed E-state index contributed by atoms with van der Waals surface area (Å²) in [5.74, 6) is -0.144. The Labute approximate surface area is 128 Å². The monoisotopic (exact) mass is 322 g/mol. The molecule has 0 amide bonds. The lowest BCUT2D eigenvalue weighted by atomic mass is 10.1. The lowest BCUT2D eigenvalue weighted by Crippen LogP contribution is -2.25. The third kappa shape index (κ3) is 4.85. The van der Waals surface area contributed by atoms with Crippen molar-refractivity contribution in [3.63, 3.8) is 0 Å². The van der Waals surface area contributed by atoms with Crippen molar-refractivity contribution in [2.45, 2.75) is 12.3 Å². The first kappa shape index (κ1) is 15.5. The van der Waals surface area contributed by atoms with Crippen molar-refractivity contribution in [3.05, 3.63) is 59.7 Å². The van der Waals surface area contributed by atoms with E-state index in [0.717, 1.165) is 0 Å². The van der Waals surface area contributed by atoms with Crippen molar-refractivity contribution in [3.8, 4) is 0 Å². The van der Waals surface area contributed by atoms with E-state index in [4.69, 9.17) is 18.0 Å². The molecule has 2 rings (SSSR count). The highest BCUT2D eigenvalue weighted by Crippen LogP contribution is 2.09. The van der Waals surface area contributed by atoms with Gasteiger partial charge in [0, 0.05) is 11.8 Å². The highest BCUT2D eigenvalue weighted by atomic mass is 32.2. The molecule has 3 N–H and O–H groups in total. The van der Waals surface area contributed by atoms with Crippen LogP contribution in [0, 0.1) is 0 Å². The Bertz CT molecular complexity index is 733. The van der Waals surface area contributed by atoms with Crippen LogP contribution in [-0.2, 0) is 22.3 Å². The number of nitrogens with one attached hydrogen (secondary N) is 1. The first-order valence-electron chi connectivity index (χ1n) is 6.07. The molecular weight excluding hydrogens is 308 g/mol. The van der Waals surface area contributed by atoms with E-state index in [2.05, 4.69) is 14.7 Å². The Balaban J connectivity index is 2.04. The van der Waals surface area contributed by atoms with Gasteiger partial charge < -0.3 is 5.73 Å². The number of sulfonamides is 1. The summed E-state index contributed by atoms with van der Waals surface area (Å²) in [6, 6.07) is 8.50. The molecule has 0 radical (unpaired) electrons. The summed E-state index contributed by atoms with van der Waals surface area (Å²) in [4.78, 5) is 7.96. The predicted octanol–water partition coefficient (Wildman–Crippen LogP) is 0.730. The van der Waals surface area contributed by atoms with Crippen LogP contribution in [0.25, 0.3) is 0 Å². The number of hydrogen-bond acceptors (Lipinski definition) is 5. The molecule has 6 nitrogen and oxygen atoms in total. The van der Waals surface area contributed by atoms with Gasteiger partial charge in [-0.3, -0.25) is 0 Å². The molecule has 0 saturated carbocycles. The number of nitrogens with two attached hydrogens (primary N) is 1. The van der Waals surface area contributed by atoms with Crippen LogP contribution in [0.5, 0.6) is 0 Å². The molecule has 0 spiro atoms. The van der Waals surface area contributed by atoms with E-state index in [1.807, 2.05) is 0 Å². The Morgan fingerprint density at radius 3 is 2.81 bits per heavy atom. The lowest BCUT2D eigenvalue weighted by Gasteiger charge is -2.07.